The van der Waals surface area contributed by atoms with Crippen LogP contribution in [0.3, 0.4) is 0 Å². The van der Waals surface area contributed by atoms with Crippen LogP contribution in [0.5, 0.6) is 0 Å². The number of halogens is 1. The monoisotopic (exact) mass is 307 g/mol. The van der Waals surface area contributed by atoms with Gasteiger partial charge in [0.2, 0.25) is 10.0 Å². The first-order valence-electron chi connectivity index (χ1n) is 7.27. The maximum atomic E-state index is 12.4. The molecule has 2 rings (SSSR count). The van der Waals surface area contributed by atoms with Crippen LogP contribution in [-0.2, 0) is 14.8 Å². The fourth-order valence-corrected chi connectivity index (χ4v) is 5.55. The highest BCUT2D eigenvalue weighted by molar-refractivity contribution is 7.89. The summed E-state index contributed by atoms with van der Waals surface area (Å²) < 4.78 is 38.2. The van der Waals surface area contributed by atoms with E-state index in [0.29, 0.717) is 6.42 Å². The first-order chi connectivity index (χ1) is 9.47. The summed E-state index contributed by atoms with van der Waals surface area (Å²) in [6, 6.07) is -1.10. The molecule has 20 heavy (non-hydrogen) atoms. The normalized spacial score (nSPS) is 31.1. The highest BCUT2D eigenvalue weighted by Gasteiger charge is 2.50. The summed E-state index contributed by atoms with van der Waals surface area (Å²) >= 11 is 0. The third kappa shape index (κ3) is 3.14. The van der Waals surface area contributed by atoms with Crippen molar-refractivity contribution < 1.29 is 22.7 Å². The van der Waals surface area contributed by atoms with E-state index in [4.69, 9.17) is 0 Å². The van der Waals surface area contributed by atoms with Crippen LogP contribution in [0.2, 0.25) is 0 Å². The number of aliphatic carboxylic acids is 1. The van der Waals surface area contributed by atoms with Gasteiger partial charge < -0.3 is 5.11 Å². The summed E-state index contributed by atoms with van der Waals surface area (Å²) in [5, 5.41) is 9.30. The van der Waals surface area contributed by atoms with E-state index in [-0.39, 0.29) is 30.6 Å². The average Bonchev–Trinajstić information content (AvgIpc) is 2.79. The number of carboxylic acids is 1. The quantitative estimate of drug-likeness (QED) is 0.759. The molecule has 0 amide bonds. The van der Waals surface area contributed by atoms with Gasteiger partial charge in [-0.15, -0.1) is 0 Å². The van der Waals surface area contributed by atoms with E-state index in [9.17, 15) is 22.7 Å². The Morgan fingerprint density at radius 3 is 2.60 bits per heavy atom. The van der Waals surface area contributed by atoms with Crippen molar-refractivity contribution in [2.45, 2.75) is 57.0 Å². The lowest BCUT2D eigenvalue weighted by molar-refractivity contribution is -0.141. The zero-order valence-corrected chi connectivity index (χ0v) is 12.3. The summed E-state index contributed by atoms with van der Waals surface area (Å²) in [5.74, 6) is -1.04. The van der Waals surface area contributed by atoms with E-state index in [2.05, 4.69) is 0 Å². The molecular weight excluding hydrogens is 285 g/mol. The molecule has 0 bridgehead atoms. The predicted octanol–water partition coefficient (Wildman–Crippen LogP) is 1.78. The first-order valence-corrected chi connectivity index (χ1v) is 8.88. The maximum Gasteiger partial charge on any atom is 0.322 e. The molecule has 1 aliphatic carbocycles. The first kappa shape index (κ1) is 15.7. The number of sulfonamides is 1. The van der Waals surface area contributed by atoms with Crippen LogP contribution in [0.15, 0.2) is 0 Å². The lowest BCUT2D eigenvalue weighted by Crippen LogP contribution is -2.47. The number of carboxylic acid groups (broad SMARTS) is 1. The second-order valence-corrected chi connectivity index (χ2v) is 7.74. The molecule has 3 atom stereocenters. The number of unbranched alkanes of at least 4 members (excludes halogenated alkanes) is 1. The van der Waals surface area contributed by atoms with E-state index >= 15 is 0 Å². The van der Waals surface area contributed by atoms with Crippen molar-refractivity contribution in [3.63, 3.8) is 0 Å². The van der Waals surface area contributed by atoms with Gasteiger partial charge in [-0.25, -0.2) is 8.42 Å². The molecule has 0 aromatic carbocycles. The number of nitrogens with zero attached hydrogens (tertiary/aromatic N) is 1. The third-order valence-corrected chi connectivity index (χ3v) is 6.39. The van der Waals surface area contributed by atoms with Gasteiger partial charge in [-0.1, -0.05) is 12.8 Å². The predicted molar refractivity (Wildman–Crippen MR) is 72.6 cm³/mol. The molecule has 0 radical (unpaired) electrons. The minimum absolute atomic E-state index is 0.149. The highest BCUT2D eigenvalue weighted by Crippen LogP contribution is 2.41. The molecule has 1 saturated heterocycles. The van der Waals surface area contributed by atoms with Gasteiger partial charge in [-0.2, -0.15) is 4.31 Å². The summed E-state index contributed by atoms with van der Waals surface area (Å²) in [4.78, 5) is 11.4. The van der Waals surface area contributed by atoms with Crippen molar-refractivity contribution in [2.24, 2.45) is 5.92 Å². The van der Waals surface area contributed by atoms with Gasteiger partial charge in [-0.3, -0.25) is 9.18 Å². The molecule has 1 heterocycles. The van der Waals surface area contributed by atoms with Crippen LogP contribution in [-0.4, -0.2) is 48.3 Å². The van der Waals surface area contributed by atoms with Crippen molar-refractivity contribution in [3.05, 3.63) is 0 Å². The lowest BCUT2D eigenvalue weighted by Gasteiger charge is -2.32. The SMILES string of the molecule is O=C(O)C1CC2CCCCC2N1S(=O)(=O)CCCCF. The molecule has 1 saturated carbocycles. The van der Waals surface area contributed by atoms with Crippen molar-refractivity contribution in [2.75, 3.05) is 12.4 Å². The number of rotatable bonds is 6. The Morgan fingerprint density at radius 1 is 1.25 bits per heavy atom. The van der Waals surface area contributed by atoms with E-state index in [1.807, 2.05) is 0 Å². The minimum Gasteiger partial charge on any atom is -0.480 e. The molecule has 116 valence electrons. The van der Waals surface area contributed by atoms with Crippen molar-refractivity contribution in [1.29, 1.82) is 0 Å². The standard InChI is InChI=1S/C13H22FNO4S/c14-7-3-4-8-20(18,19)15-11-6-2-1-5-10(11)9-12(15)13(16)17/h10-12H,1-9H2,(H,16,17). The Labute approximate surface area is 119 Å². The van der Waals surface area contributed by atoms with Crippen molar-refractivity contribution in [3.8, 4) is 0 Å². The molecule has 0 aromatic heterocycles. The van der Waals surface area contributed by atoms with Crippen LogP contribution >= 0.6 is 0 Å². The van der Waals surface area contributed by atoms with E-state index in [0.717, 1.165) is 25.7 Å². The van der Waals surface area contributed by atoms with Gasteiger partial charge >= 0.3 is 5.97 Å². The van der Waals surface area contributed by atoms with Gasteiger partial charge in [-0.05, 0) is 38.0 Å². The highest BCUT2D eigenvalue weighted by atomic mass is 32.2. The summed E-state index contributed by atoms with van der Waals surface area (Å²) in [5.41, 5.74) is 0. The van der Waals surface area contributed by atoms with Crippen LogP contribution in [0.25, 0.3) is 0 Å². The van der Waals surface area contributed by atoms with E-state index in [1.165, 1.54) is 4.31 Å². The Kier molecular flexibility index (Phi) is 5.01. The van der Waals surface area contributed by atoms with Gasteiger partial charge in [0.25, 0.3) is 0 Å². The number of hydrogen-bond donors (Lipinski definition) is 1. The van der Waals surface area contributed by atoms with Gasteiger partial charge in [0.1, 0.15) is 6.04 Å². The Bertz CT molecular complexity index is 453. The molecule has 0 aromatic rings. The number of carbonyl (C=O) groups is 1. The molecule has 1 N–H and O–H groups in total. The van der Waals surface area contributed by atoms with Crippen molar-refractivity contribution in [1.82, 2.24) is 4.31 Å². The smallest absolute Gasteiger partial charge is 0.322 e. The van der Waals surface area contributed by atoms with Crippen LogP contribution in [0.1, 0.15) is 44.9 Å². The molecular formula is C13H22FNO4S. The van der Waals surface area contributed by atoms with Gasteiger partial charge in [0, 0.05) is 6.04 Å². The summed E-state index contributed by atoms with van der Waals surface area (Å²) in [6.45, 7) is -0.538. The maximum absolute atomic E-state index is 12.4. The van der Waals surface area contributed by atoms with Crippen LogP contribution < -0.4 is 0 Å². The Balaban J connectivity index is 2.18. The Hall–Kier alpha value is -0.690. The second kappa shape index (κ2) is 6.39. The number of fused-ring (bicyclic) bond motifs is 1. The Morgan fingerprint density at radius 2 is 1.95 bits per heavy atom. The topological polar surface area (TPSA) is 74.7 Å². The molecule has 1 aliphatic heterocycles. The van der Waals surface area contributed by atoms with Gasteiger partial charge in [0.15, 0.2) is 0 Å². The molecule has 7 heteroatoms. The summed E-state index contributed by atoms with van der Waals surface area (Å²) in [7, 11) is -3.61. The minimum atomic E-state index is -3.61. The zero-order valence-electron chi connectivity index (χ0n) is 11.5. The molecule has 5 nitrogen and oxygen atoms in total. The fourth-order valence-electron chi connectivity index (χ4n) is 3.51. The van der Waals surface area contributed by atoms with Crippen LogP contribution in [0.4, 0.5) is 4.39 Å². The molecule has 3 unspecified atom stereocenters. The van der Waals surface area contributed by atoms with Gasteiger partial charge in [0.05, 0.1) is 12.4 Å². The lowest BCUT2D eigenvalue weighted by atomic mass is 9.85. The molecule has 2 fully saturated rings. The number of hydrogen-bond acceptors (Lipinski definition) is 3. The third-order valence-electron chi connectivity index (χ3n) is 4.42. The average molecular weight is 307 g/mol. The molecule has 0 spiro atoms. The fraction of sp³-hybridized carbons (Fsp3) is 0.923. The van der Waals surface area contributed by atoms with Crippen LogP contribution in [0, 0.1) is 5.92 Å². The molecule has 2 aliphatic rings. The van der Waals surface area contributed by atoms with E-state index in [1.54, 1.807) is 0 Å². The van der Waals surface area contributed by atoms with E-state index < -0.39 is 28.7 Å². The second-order valence-electron chi connectivity index (χ2n) is 5.74. The largest absolute Gasteiger partial charge is 0.480 e. The number of alkyl halides is 1. The zero-order chi connectivity index (χ0) is 14.8. The summed E-state index contributed by atoms with van der Waals surface area (Å²) in [6.07, 6.45) is 4.52. The van der Waals surface area contributed by atoms with Crippen molar-refractivity contribution >= 4 is 16.0 Å².